The van der Waals surface area contributed by atoms with Gasteiger partial charge in [-0.15, -0.1) is 0 Å². The van der Waals surface area contributed by atoms with Crippen LogP contribution in [0.1, 0.15) is 18.4 Å². The van der Waals surface area contributed by atoms with E-state index in [1.165, 1.54) is 5.56 Å². The number of aliphatic hydroxyl groups excluding tert-OH is 1. The monoisotopic (exact) mass is 247 g/mol. The second-order valence-corrected chi connectivity index (χ2v) is 5.76. The van der Waals surface area contributed by atoms with E-state index in [2.05, 4.69) is 35.2 Å². The molecule has 2 unspecified atom stereocenters. The molecule has 3 nitrogen and oxygen atoms in total. The van der Waals surface area contributed by atoms with E-state index in [1.54, 1.807) is 0 Å². The molecule has 18 heavy (non-hydrogen) atoms. The van der Waals surface area contributed by atoms with Gasteiger partial charge in [-0.2, -0.15) is 0 Å². The van der Waals surface area contributed by atoms with E-state index in [4.69, 9.17) is 4.74 Å². The number of ether oxygens (including phenoxy) is 1. The molecular weight excluding hydrogens is 226 g/mol. The van der Waals surface area contributed by atoms with E-state index >= 15 is 0 Å². The minimum absolute atomic E-state index is 0.0793. The first-order valence-corrected chi connectivity index (χ1v) is 6.78. The summed E-state index contributed by atoms with van der Waals surface area (Å²) in [5.41, 5.74) is 1.43. The zero-order chi connectivity index (χ0) is 12.4. The second kappa shape index (κ2) is 5.00. The van der Waals surface area contributed by atoms with Crippen LogP contribution in [0.5, 0.6) is 0 Å². The van der Waals surface area contributed by atoms with Crippen LogP contribution < -0.4 is 0 Å². The lowest BCUT2D eigenvalue weighted by Gasteiger charge is -2.26. The maximum absolute atomic E-state index is 9.69. The van der Waals surface area contributed by atoms with Gasteiger partial charge < -0.3 is 9.84 Å². The van der Waals surface area contributed by atoms with Crippen LogP contribution in [-0.2, 0) is 11.3 Å². The molecule has 0 saturated carbocycles. The minimum Gasteiger partial charge on any atom is -0.396 e. The van der Waals surface area contributed by atoms with E-state index in [9.17, 15) is 5.11 Å². The third-order valence-corrected chi connectivity index (χ3v) is 4.16. The van der Waals surface area contributed by atoms with Crippen LogP contribution in [0.3, 0.4) is 0 Å². The summed E-state index contributed by atoms with van der Waals surface area (Å²) in [6.07, 6.45) is 2.53. The summed E-state index contributed by atoms with van der Waals surface area (Å²) in [4.78, 5) is 2.45. The van der Waals surface area contributed by atoms with Gasteiger partial charge in [-0.25, -0.2) is 0 Å². The van der Waals surface area contributed by atoms with Crippen molar-refractivity contribution in [2.24, 2.45) is 5.41 Å². The van der Waals surface area contributed by atoms with Crippen LogP contribution >= 0.6 is 0 Å². The summed E-state index contributed by atoms with van der Waals surface area (Å²) in [6, 6.07) is 10.6. The third kappa shape index (κ3) is 2.74. The van der Waals surface area contributed by atoms with E-state index in [1.807, 2.05) is 0 Å². The molecule has 0 aliphatic carbocycles. The van der Waals surface area contributed by atoms with E-state index in [0.29, 0.717) is 6.10 Å². The van der Waals surface area contributed by atoms with Crippen LogP contribution in [0.25, 0.3) is 0 Å². The van der Waals surface area contributed by atoms with Gasteiger partial charge in [0, 0.05) is 18.5 Å². The Balaban J connectivity index is 1.59. The van der Waals surface area contributed by atoms with Crippen molar-refractivity contribution in [3.63, 3.8) is 0 Å². The lowest BCUT2D eigenvalue weighted by Crippen LogP contribution is -2.31. The van der Waals surface area contributed by atoms with Gasteiger partial charge in [0.15, 0.2) is 0 Å². The molecule has 0 radical (unpaired) electrons. The molecular formula is C15H21NO2. The lowest BCUT2D eigenvalue weighted by molar-refractivity contribution is 0.108. The van der Waals surface area contributed by atoms with Crippen LogP contribution in [0, 0.1) is 5.41 Å². The van der Waals surface area contributed by atoms with Crippen molar-refractivity contribution >= 4 is 0 Å². The summed E-state index contributed by atoms with van der Waals surface area (Å²) in [6.45, 7) is 4.26. The maximum Gasteiger partial charge on any atom is 0.0816 e. The van der Waals surface area contributed by atoms with Gasteiger partial charge in [0.1, 0.15) is 0 Å². The van der Waals surface area contributed by atoms with Gasteiger partial charge in [-0.1, -0.05) is 30.3 Å². The summed E-state index contributed by atoms with van der Waals surface area (Å²) < 4.78 is 5.32. The Kier molecular flexibility index (Phi) is 3.37. The van der Waals surface area contributed by atoms with Crippen molar-refractivity contribution in [1.29, 1.82) is 0 Å². The predicted octanol–water partition coefficient (Wildman–Crippen LogP) is 1.66. The second-order valence-electron chi connectivity index (χ2n) is 5.76. The molecule has 0 amide bonds. The van der Waals surface area contributed by atoms with Gasteiger partial charge >= 0.3 is 0 Å². The highest BCUT2D eigenvalue weighted by molar-refractivity contribution is 5.14. The highest BCUT2D eigenvalue weighted by atomic mass is 16.6. The van der Waals surface area contributed by atoms with Crippen LogP contribution in [0.2, 0.25) is 0 Å². The van der Waals surface area contributed by atoms with Crippen molar-refractivity contribution in [2.75, 3.05) is 26.3 Å². The molecule has 2 aliphatic rings. The molecule has 3 heteroatoms. The van der Waals surface area contributed by atoms with Crippen LogP contribution in [0.4, 0.5) is 0 Å². The first-order valence-electron chi connectivity index (χ1n) is 6.78. The predicted molar refractivity (Wildman–Crippen MR) is 70.2 cm³/mol. The molecule has 1 aromatic carbocycles. The smallest absolute Gasteiger partial charge is 0.0816 e. The van der Waals surface area contributed by atoms with E-state index in [-0.39, 0.29) is 12.0 Å². The molecule has 0 spiro atoms. The van der Waals surface area contributed by atoms with E-state index < -0.39 is 0 Å². The van der Waals surface area contributed by atoms with Crippen molar-refractivity contribution in [3.05, 3.63) is 35.9 Å². The molecule has 2 saturated heterocycles. The number of nitrogens with zero attached hydrogens (tertiary/aromatic N) is 1. The quantitative estimate of drug-likeness (QED) is 0.804. The average molecular weight is 247 g/mol. The number of hydrogen-bond donors (Lipinski definition) is 1. The Hall–Kier alpha value is -0.900. The van der Waals surface area contributed by atoms with Gasteiger partial charge in [0.2, 0.25) is 0 Å². The van der Waals surface area contributed by atoms with Crippen LogP contribution in [0.15, 0.2) is 30.3 Å². The normalized spacial score (nSPS) is 31.7. The number of benzene rings is 1. The molecule has 2 atom stereocenters. The highest BCUT2D eigenvalue weighted by Gasteiger charge is 2.42. The van der Waals surface area contributed by atoms with Crippen molar-refractivity contribution in [3.8, 4) is 0 Å². The Morgan fingerprint density at radius 3 is 2.78 bits per heavy atom. The number of rotatable bonds is 5. The van der Waals surface area contributed by atoms with E-state index in [0.717, 1.165) is 39.1 Å². The molecule has 2 aliphatic heterocycles. The molecule has 1 aromatic rings. The Morgan fingerprint density at radius 1 is 1.33 bits per heavy atom. The van der Waals surface area contributed by atoms with Gasteiger partial charge in [-0.3, -0.25) is 4.90 Å². The average Bonchev–Trinajstić information content (AvgIpc) is 3.12. The fraction of sp³-hybridized carbons (Fsp3) is 0.600. The van der Waals surface area contributed by atoms with Gasteiger partial charge in [0.25, 0.3) is 0 Å². The third-order valence-electron chi connectivity index (χ3n) is 4.16. The fourth-order valence-corrected chi connectivity index (χ4v) is 3.03. The highest BCUT2D eigenvalue weighted by Crippen LogP contribution is 2.38. The van der Waals surface area contributed by atoms with Crippen molar-refractivity contribution in [1.82, 2.24) is 4.90 Å². The summed E-state index contributed by atoms with van der Waals surface area (Å²) in [5.74, 6) is 0. The number of hydrogen-bond acceptors (Lipinski definition) is 3. The SMILES string of the molecule is OCC1(CC2CO2)CCN(Cc2ccccc2)C1. The number of epoxide rings is 1. The van der Waals surface area contributed by atoms with Crippen LogP contribution in [-0.4, -0.2) is 42.4 Å². The summed E-state index contributed by atoms with van der Waals surface area (Å²) in [5, 5.41) is 9.69. The molecule has 2 heterocycles. The van der Waals surface area contributed by atoms with Crippen molar-refractivity contribution in [2.45, 2.75) is 25.5 Å². The molecule has 0 aromatic heterocycles. The van der Waals surface area contributed by atoms with Gasteiger partial charge in [-0.05, 0) is 24.9 Å². The molecule has 3 rings (SSSR count). The first kappa shape index (κ1) is 12.2. The number of likely N-dealkylation sites (tertiary alicyclic amines) is 1. The molecule has 1 N–H and O–H groups in total. The topological polar surface area (TPSA) is 36.0 Å². The zero-order valence-corrected chi connectivity index (χ0v) is 10.7. The van der Waals surface area contributed by atoms with Gasteiger partial charge in [0.05, 0.1) is 19.3 Å². The Morgan fingerprint density at radius 2 is 2.11 bits per heavy atom. The minimum atomic E-state index is 0.0793. The fourth-order valence-electron chi connectivity index (χ4n) is 3.03. The molecule has 2 fully saturated rings. The summed E-state index contributed by atoms with van der Waals surface area (Å²) in [7, 11) is 0. The largest absolute Gasteiger partial charge is 0.396 e. The Labute approximate surface area is 108 Å². The molecule has 0 bridgehead atoms. The number of aliphatic hydroxyl groups is 1. The summed E-state index contributed by atoms with van der Waals surface area (Å²) >= 11 is 0. The molecule has 98 valence electrons. The Bertz CT molecular complexity index is 391. The first-order chi connectivity index (χ1) is 8.80. The standard InChI is InChI=1S/C15H21NO2/c17-12-15(8-14-10-18-14)6-7-16(11-15)9-13-4-2-1-3-5-13/h1-5,14,17H,6-12H2. The zero-order valence-electron chi connectivity index (χ0n) is 10.7. The maximum atomic E-state index is 9.69. The van der Waals surface area contributed by atoms with Crippen molar-refractivity contribution < 1.29 is 9.84 Å². The lowest BCUT2D eigenvalue weighted by atomic mass is 9.83.